The number of rotatable bonds is 5. The molecule has 21 heavy (non-hydrogen) atoms. The Balaban J connectivity index is 2.32. The van der Waals surface area contributed by atoms with Gasteiger partial charge in [0.05, 0.1) is 0 Å². The molecule has 0 fully saturated rings. The molecule has 1 heterocycles. The number of hydrogen-bond donors (Lipinski definition) is 2. The Bertz CT molecular complexity index is 519. The maximum Gasteiger partial charge on any atom is 0.407 e. The average molecular weight is 291 g/mol. The van der Waals surface area contributed by atoms with Gasteiger partial charge in [-0.05, 0) is 40.2 Å². The normalized spacial score (nSPS) is 12.1. The Morgan fingerprint density at radius 3 is 2.86 bits per heavy atom. The largest absolute Gasteiger partial charge is 0.444 e. The smallest absolute Gasteiger partial charge is 0.407 e. The maximum atomic E-state index is 11.6. The second-order valence-corrected chi connectivity index (χ2v) is 5.64. The lowest BCUT2D eigenvalue weighted by molar-refractivity contribution is 0.0507. The van der Waals surface area contributed by atoms with Crippen LogP contribution < -0.4 is 10.6 Å². The number of amides is 1. The van der Waals surface area contributed by atoms with Crippen molar-refractivity contribution < 1.29 is 9.53 Å². The fourth-order valence-corrected chi connectivity index (χ4v) is 1.51. The summed E-state index contributed by atoms with van der Waals surface area (Å²) in [4.78, 5) is 19.4. The predicted octanol–water partition coefficient (Wildman–Crippen LogP) is 2.06. The van der Waals surface area contributed by atoms with Crippen LogP contribution in [0.15, 0.2) is 12.3 Å². The van der Waals surface area contributed by atoms with Gasteiger partial charge in [0, 0.05) is 18.8 Å². The predicted molar refractivity (Wildman–Crippen MR) is 78.7 cm³/mol. The van der Waals surface area contributed by atoms with Gasteiger partial charge in [-0.2, -0.15) is 5.26 Å². The number of anilines is 1. The van der Waals surface area contributed by atoms with E-state index in [0.29, 0.717) is 18.8 Å². The molecule has 0 saturated carbocycles. The molecule has 114 valence electrons. The summed E-state index contributed by atoms with van der Waals surface area (Å²) in [6.07, 6.45) is 1.80. The molecule has 1 atom stereocenters. The highest BCUT2D eigenvalue weighted by atomic mass is 16.6. The van der Waals surface area contributed by atoms with Gasteiger partial charge in [-0.3, -0.25) is 0 Å². The zero-order valence-electron chi connectivity index (χ0n) is 12.8. The van der Waals surface area contributed by atoms with E-state index in [0.717, 1.165) is 0 Å². The molecule has 1 rings (SSSR count). The van der Waals surface area contributed by atoms with Crippen molar-refractivity contribution in [3.8, 4) is 6.07 Å². The Kier molecular flexibility index (Phi) is 5.91. The lowest BCUT2D eigenvalue weighted by Gasteiger charge is -2.22. The van der Waals surface area contributed by atoms with E-state index < -0.39 is 11.7 Å². The van der Waals surface area contributed by atoms with Crippen LogP contribution in [0, 0.1) is 11.3 Å². The minimum atomic E-state index is -0.503. The minimum absolute atomic E-state index is 0.0374. The van der Waals surface area contributed by atoms with Crippen LogP contribution >= 0.6 is 0 Å². The van der Waals surface area contributed by atoms with Crippen LogP contribution in [0.25, 0.3) is 0 Å². The maximum absolute atomic E-state index is 11.6. The molecule has 0 aliphatic rings. The summed E-state index contributed by atoms with van der Waals surface area (Å²) in [6.45, 7) is 7.97. The van der Waals surface area contributed by atoms with Gasteiger partial charge in [-0.25, -0.2) is 14.8 Å². The molecule has 0 aliphatic heterocycles. The van der Waals surface area contributed by atoms with Gasteiger partial charge >= 0.3 is 6.09 Å². The summed E-state index contributed by atoms with van der Waals surface area (Å²) in [5.74, 6) is 0.714. The van der Waals surface area contributed by atoms with Crippen LogP contribution in [0.1, 0.15) is 39.9 Å². The van der Waals surface area contributed by atoms with Crippen LogP contribution in [-0.4, -0.2) is 34.2 Å². The van der Waals surface area contributed by atoms with Crippen LogP contribution in [0.4, 0.5) is 10.6 Å². The summed E-state index contributed by atoms with van der Waals surface area (Å²) >= 11 is 0. The lowest BCUT2D eigenvalue weighted by atomic mass is 10.2. The number of alkyl carbamates (subject to hydrolysis) is 1. The van der Waals surface area contributed by atoms with Crippen molar-refractivity contribution >= 4 is 11.9 Å². The first-order chi connectivity index (χ1) is 9.80. The van der Waals surface area contributed by atoms with Gasteiger partial charge in [-0.1, -0.05) is 0 Å². The molecule has 2 N–H and O–H groups in total. The third kappa shape index (κ3) is 7.11. The molecular formula is C14H21N5O2. The molecule has 0 aromatic carbocycles. The Labute approximate surface area is 124 Å². The third-order valence-electron chi connectivity index (χ3n) is 2.40. The molecule has 0 spiro atoms. The summed E-state index contributed by atoms with van der Waals surface area (Å²) in [5, 5.41) is 14.5. The molecule has 1 amide bonds. The monoisotopic (exact) mass is 291 g/mol. The number of nitriles is 1. The number of carbonyl (C=O) groups excluding carboxylic acids is 1. The summed E-state index contributed by atoms with van der Waals surface area (Å²) < 4.78 is 5.18. The van der Waals surface area contributed by atoms with Crippen LogP contribution in [0.2, 0.25) is 0 Å². The standard InChI is InChI=1S/C14H21N5O2/c1-10(18-13(20)21-14(2,3)4)5-7-16-11-6-8-17-12(9-15)19-11/h6,8,10H,5,7H2,1-4H3,(H,18,20)(H,16,17,19)/t10-/m1/s1. The number of nitrogens with zero attached hydrogens (tertiary/aromatic N) is 3. The summed E-state index contributed by atoms with van der Waals surface area (Å²) in [7, 11) is 0. The molecular weight excluding hydrogens is 270 g/mol. The fraction of sp³-hybridized carbons (Fsp3) is 0.571. The number of ether oxygens (including phenoxy) is 1. The molecule has 7 heteroatoms. The fourth-order valence-electron chi connectivity index (χ4n) is 1.51. The van der Waals surface area contributed by atoms with Gasteiger partial charge < -0.3 is 15.4 Å². The molecule has 7 nitrogen and oxygen atoms in total. The molecule has 1 aromatic heterocycles. The number of aromatic nitrogens is 2. The first-order valence-corrected chi connectivity index (χ1v) is 6.76. The van der Waals surface area contributed by atoms with E-state index in [1.54, 1.807) is 6.07 Å². The van der Waals surface area contributed by atoms with Crippen molar-refractivity contribution in [2.24, 2.45) is 0 Å². The lowest BCUT2D eigenvalue weighted by Crippen LogP contribution is -2.38. The Hall–Kier alpha value is -2.36. The first-order valence-electron chi connectivity index (χ1n) is 6.76. The van der Waals surface area contributed by atoms with Crippen LogP contribution in [-0.2, 0) is 4.74 Å². The average Bonchev–Trinajstić information content (AvgIpc) is 2.36. The van der Waals surface area contributed by atoms with E-state index in [9.17, 15) is 4.79 Å². The highest BCUT2D eigenvalue weighted by Crippen LogP contribution is 2.07. The first kappa shape index (κ1) is 16.7. The van der Waals surface area contributed by atoms with E-state index in [2.05, 4.69) is 20.6 Å². The van der Waals surface area contributed by atoms with Crippen molar-refractivity contribution in [2.75, 3.05) is 11.9 Å². The van der Waals surface area contributed by atoms with Crippen molar-refractivity contribution in [3.05, 3.63) is 18.1 Å². The van der Waals surface area contributed by atoms with E-state index in [4.69, 9.17) is 10.00 Å². The molecule has 0 saturated heterocycles. The molecule has 0 unspecified atom stereocenters. The van der Waals surface area contributed by atoms with E-state index in [1.807, 2.05) is 33.8 Å². The zero-order chi connectivity index (χ0) is 15.9. The van der Waals surface area contributed by atoms with Gasteiger partial charge in [0.25, 0.3) is 0 Å². The third-order valence-corrected chi connectivity index (χ3v) is 2.40. The second-order valence-electron chi connectivity index (χ2n) is 5.64. The Morgan fingerprint density at radius 2 is 2.24 bits per heavy atom. The molecule has 0 radical (unpaired) electrons. The second kappa shape index (κ2) is 7.43. The van der Waals surface area contributed by atoms with Crippen molar-refractivity contribution in [1.29, 1.82) is 5.26 Å². The van der Waals surface area contributed by atoms with Gasteiger partial charge in [0.1, 0.15) is 17.5 Å². The minimum Gasteiger partial charge on any atom is -0.444 e. The molecule has 1 aromatic rings. The van der Waals surface area contributed by atoms with Crippen molar-refractivity contribution in [1.82, 2.24) is 15.3 Å². The van der Waals surface area contributed by atoms with Gasteiger partial charge in [0.15, 0.2) is 0 Å². The quantitative estimate of drug-likeness (QED) is 0.861. The van der Waals surface area contributed by atoms with Gasteiger partial charge in [0.2, 0.25) is 5.82 Å². The number of carbonyl (C=O) groups is 1. The summed E-state index contributed by atoms with van der Waals surface area (Å²) in [5.41, 5.74) is -0.503. The topological polar surface area (TPSA) is 99.9 Å². The zero-order valence-corrected chi connectivity index (χ0v) is 12.8. The Morgan fingerprint density at radius 1 is 1.52 bits per heavy atom. The van der Waals surface area contributed by atoms with E-state index in [-0.39, 0.29) is 11.9 Å². The van der Waals surface area contributed by atoms with Gasteiger partial charge in [-0.15, -0.1) is 0 Å². The number of nitrogens with one attached hydrogen (secondary N) is 2. The van der Waals surface area contributed by atoms with Crippen LogP contribution in [0.5, 0.6) is 0 Å². The summed E-state index contributed by atoms with van der Waals surface area (Å²) in [6, 6.07) is 3.53. The van der Waals surface area contributed by atoms with Crippen molar-refractivity contribution in [2.45, 2.75) is 45.8 Å². The van der Waals surface area contributed by atoms with Crippen LogP contribution in [0.3, 0.4) is 0 Å². The molecule has 0 bridgehead atoms. The van der Waals surface area contributed by atoms with Crippen molar-refractivity contribution in [3.63, 3.8) is 0 Å². The number of hydrogen-bond acceptors (Lipinski definition) is 6. The van der Waals surface area contributed by atoms with E-state index >= 15 is 0 Å². The highest BCUT2D eigenvalue weighted by molar-refractivity contribution is 5.68. The van der Waals surface area contributed by atoms with E-state index in [1.165, 1.54) is 6.20 Å². The highest BCUT2D eigenvalue weighted by Gasteiger charge is 2.17. The molecule has 0 aliphatic carbocycles. The SMILES string of the molecule is C[C@H](CCNc1ccnc(C#N)n1)NC(=O)OC(C)(C)C.